The molecule has 0 aliphatic heterocycles. The van der Waals surface area contributed by atoms with Gasteiger partial charge in [0.25, 0.3) is 0 Å². The van der Waals surface area contributed by atoms with Gasteiger partial charge in [0, 0.05) is 0 Å². The minimum atomic E-state index is -0.739. The van der Waals surface area contributed by atoms with E-state index in [0.717, 1.165) is 0 Å². The number of hydrogen-bond donors (Lipinski definition) is 0. The van der Waals surface area contributed by atoms with Crippen molar-refractivity contribution in [3.05, 3.63) is 60.7 Å². The molecule has 0 unspecified atom stereocenters. The summed E-state index contributed by atoms with van der Waals surface area (Å²) < 4.78 is 9.91. The smallest absolute Gasteiger partial charge is 1.00 e. The van der Waals surface area contributed by atoms with Crippen LogP contribution in [-0.2, 0) is 0 Å². The van der Waals surface area contributed by atoms with Crippen molar-refractivity contribution in [3.8, 4) is 11.5 Å². The molecule has 0 saturated carbocycles. The number of carbonyl (C=O) groups excluding carboxylic acids is 1. The third kappa shape index (κ3) is 4.61. The van der Waals surface area contributed by atoms with Gasteiger partial charge in [-0.05, 0) is 24.3 Å². The zero-order valence-electron chi connectivity index (χ0n) is 10.5. The maximum atomic E-state index is 11.3. The fourth-order valence-corrected chi connectivity index (χ4v) is 1.19. The summed E-state index contributed by atoms with van der Waals surface area (Å²) in [7, 11) is 0. The summed E-state index contributed by atoms with van der Waals surface area (Å²) >= 11 is 0. The Bertz CT molecular complexity index is 419. The van der Waals surface area contributed by atoms with Crippen LogP contribution >= 0.6 is 0 Å². The van der Waals surface area contributed by atoms with Gasteiger partial charge < -0.3 is 10.9 Å². The second-order valence-corrected chi connectivity index (χ2v) is 3.08. The molecule has 0 aliphatic rings. The molecular weight excluding hydrogens is 227 g/mol. The van der Waals surface area contributed by atoms with E-state index in [-0.39, 0.29) is 31.0 Å². The Labute approximate surface area is 123 Å². The van der Waals surface area contributed by atoms with Gasteiger partial charge in [-0.3, -0.25) is 0 Å². The van der Waals surface area contributed by atoms with Crippen LogP contribution in [0.2, 0.25) is 0 Å². The van der Waals surface area contributed by atoms with E-state index in [2.05, 4.69) is 0 Å². The molecule has 0 atom stereocenters. The Morgan fingerprint density at radius 2 is 1.12 bits per heavy atom. The van der Waals surface area contributed by atoms with Gasteiger partial charge in [-0.2, -0.15) is 0 Å². The third-order valence-corrected chi connectivity index (χ3v) is 1.89. The molecular formula is C13H11NaO3. The maximum Gasteiger partial charge on any atom is 1.00 e. The van der Waals surface area contributed by atoms with Crippen molar-refractivity contribution < 1.29 is 45.3 Å². The fourth-order valence-electron chi connectivity index (χ4n) is 1.19. The van der Waals surface area contributed by atoms with E-state index < -0.39 is 6.16 Å². The fraction of sp³-hybridized carbons (Fsp3) is 0. The molecule has 0 amide bonds. The van der Waals surface area contributed by atoms with E-state index in [0.29, 0.717) is 11.5 Å². The zero-order valence-corrected chi connectivity index (χ0v) is 11.5. The van der Waals surface area contributed by atoms with Crippen molar-refractivity contribution in [2.45, 2.75) is 0 Å². The maximum absolute atomic E-state index is 11.3. The number of ether oxygens (including phenoxy) is 2. The van der Waals surface area contributed by atoms with E-state index in [1.54, 1.807) is 48.5 Å². The topological polar surface area (TPSA) is 35.5 Å². The standard InChI is InChI=1S/C13H10O3.Na.H/c14-13(15-11-7-3-1-4-8-11)16-12-9-5-2-6-10-12;;/h1-10H;;/q;+1;-1. The van der Waals surface area contributed by atoms with Crippen molar-refractivity contribution >= 4 is 6.16 Å². The summed E-state index contributed by atoms with van der Waals surface area (Å²) in [5.74, 6) is 0.923. The number of carbonyl (C=O) groups is 1. The van der Waals surface area contributed by atoms with Gasteiger partial charge in [0.05, 0.1) is 0 Å². The first-order chi connectivity index (χ1) is 7.84. The minimum Gasteiger partial charge on any atom is -1.00 e. The van der Waals surface area contributed by atoms with Crippen molar-refractivity contribution in [2.75, 3.05) is 0 Å². The van der Waals surface area contributed by atoms with Crippen LogP contribution in [0.3, 0.4) is 0 Å². The van der Waals surface area contributed by atoms with Crippen molar-refractivity contribution in [1.82, 2.24) is 0 Å². The van der Waals surface area contributed by atoms with Gasteiger partial charge in [-0.25, -0.2) is 4.79 Å². The molecule has 0 aromatic heterocycles. The van der Waals surface area contributed by atoms with Crippen molar-refractivity contribution in [3.63, 3.8) is 0 Å². The Morgan fingerprint density at radius 1 is 0.765 bits per heavy atom. The Balaban J connectivity index is 0.00000144. The van der Waals surface area contributed by atoms with E-state index >= 15 is 0 Å². The number of hydrogen-bond acceptors (Lipinski definition) is 3. The van der Waals surface area contributed by atoms with Crippen molar-refractivity contribution in [1.29, 1.82) is 0 Å². The Morgan fingerprint density at radius 3 is 1.47 bits per heavy atom. The average Bonchev–Trinajstić information content (AvgIpc) is 2.31. The molecule has 82 valence electrons. The van der Waals surface area contributed by atoms with Crippen LogP contribution in [0.4, 0.5) is 4.79 Å². The third-order valence-electron chi connectivity index (χ3n) is 1.89. The molecule has 2 aromatic carbocycles. The van der Waals surface area contributed by atoms with E-state index in [1.165, 1.54) is 0 Å². The van der Waals surface area contributed by atoms with Gasteiger partial charge in [-0.1, -0.05) is 36.4 Å². The average molecular weight is 238 g/mol. The first-order valence-electron chi connectivity index (χ1n) is 4.84. The molecule has 0 spiro atoms. The van der Waals surface area contributed by atoms with Crippen LogP contribution < -0.4 is 39.0 Å². The normalized spacial score (nSPS) is 8.94. The van der Waals surface area contributed by atoms with E-state index in [1.807, 2.05) is 12.1 Å². The number of benzene rings is 2. The molecule has 2 rings (SSSR count). The van der Waals surface area contributed by atoms with Crippen LogP contribution in [-0.4, -0.2) is 6.16 Å². The predicted molar refractivity (Wildman–Crippen MR) is 60.6 cm³/mol. The summed E-state index contributed by atoms with van der Waals surface area (Å²) in [5, 5.41) is 0. The molecule has 0 heterocycles. The minimum absolute atomic E-state index is 0. The Hall–Kier alpha value is -1.29. The molecule has 3 nitrogen and oxygen atoms in total. The van der Waals surface area contributed by atoms with Gasteiger partial charge >= 0.3 is 35.7 Å². The van der Waals surface area contributed by atoms with Crippen molar-refractivity contribution in [2.24, 2.45) is 0 Å². The molecule has 0 fully saturated rings. The SMILES string of the molecule is O=C(Oc1ccccc1)Oc1ccccc1.[H-].[Na+]. The van der Waals surface area contributed by atoms with Crippen LogP contribution in [0, 0.1) is 0 Å². The summed E-state index contributed by atoms with van der Waals surface area (Å²) in [6, 6.07) is 17.6. The first-order valence-corrected chi connectivity index (χ1v) is 4.84. The molecule has 0 N–H and O–H groups in total. The summed E-state index contributed by atoms with van der Waals surface area (Å²) in [6.45, 7) is 0. The molecule has 0 radical (unpaired) electrons. The second-order valence-electron chi connectivity index (χ2n) is 3.08. The summed E-state index contributed by atoms with van der Waals surface area (Å²) in [5.41, 5.74) is 0. The molecule has 2 aromatic rings. The molecule has 17 heavy (non-hydrogen) atoms. The van der Waals surface area contributed by atoms with Gasteiger partial charge in [0.15, 0.2) is 0 Å². The largest absolute Gasteiger partial charge is 1.00 e. The predicted octanol–water partition coefficient (Wildman–Crippen LogP) is 0.381. The molecule has 0 saturated heterocycles. The van der Waals surface area contributed by atoms with Crippen LogP contribution in [0.25, 0.3) is 0 Å². The monoisotopic (exact) mass is 238 g/mol. The van der Waals surface area contributed by atoms with Gasteiger partial charge in [0.1, 0.15) is 11.5 Å². The van der Waals surface area contributed by atoms with E-state index in [9.17, 15) is 4.79 Å². The quantitative estimate of drug-likeness (QED) is 0.431. The van der Waals surface area contributed by atoms with Crippen LogP contribution in [0.15, 0.2) is 60.7 Å². The Kier molecular flexibility index (Phi) is 5.77. The molecule has 4 heteroatoms. The molecule has 0 aliphatic carbocycles. The zero-order chi connectivity index (χ0) is 11.2. The van der Waals surface area contributed by atoms with E-state index in [4.69, 9.17) is 9.47 Å². The summed E-state index contributed by atoms with van der Waals surface area (Å²) in [6.07, 6.45) is -0.739. The van der Waals surface area contributed by atoms with Gasteiger partial charge in [-0.15, -0.1) is 0 Å². The first kappa shape index (κ1) is 13.8. The van der Waals surface area contributed by atoms with Crippen LogP contribution in [0.1, 0.15) is 1.43 Å². The second kappa shape index (κ2) is 7.12. The molecule has 0 bridgehead atoms. The number of rotatable bonds is 2. The summed E-state index contributed by atoms with van der Waals surface area (Å²) in [4.78, 5) is 11.3. The van der Waals surface area contributed by atoms with Gasteiger partial charge in [0.2, 0.25) is 0 Å². The van der Waals surface area contributed by atoms with Crippen LogP contribution in [0.5, 0.6) is 11.5 Å². The number of para-hydroxylation sites is 2.